The Labute approximate surface area is 200 Å². The van der Waals surface area contributed by atoms with Crippen molar-refractivity contribution in [3.8, 4) is 17.2 Å². The van der Waals surface area contributed by atoms with Crippen molar-refractivity contribution >= 4 is 32.4 Å². The Morgan fingerprint density at radius 3 is 2.34 bits per heavy atom. The summed E-state index contributed by atoms with van der Waals surface area (Å²) >= 11 is 0. The number of fused-ring (bicyclic) bond motifs is 1. The molecule has 180 valence electrons. The maximum atomic E-state index is 13.9. The molecule has 0 aliphatic rings. The van der Waals surface area contributed by atoms with Crippen molar-refractivity contribution in [1.82, 2.24) is 0 Å². The molecule has 4 aromatic carbocycles. The zero-order valence-corrected chi connectivity index (χ0v) is 19.2. The third-order valence-electron chi connectivity index (χ3n) is 5.07. The van der Waals surface area contributed by atoms with Crippen LogP contribution in [-0.2, 0) is 14.8 Å². The number of benzene rings is 4. The first-order chi connectivity index (χ1) is 16.6. The van der Waals surface area contributed by atoms with Crippen LogP contribution in [0.25, 0.3) is 10.8 Å². The summed E-state index contributed by atoms with van der Waals surface area (Å²) in [7, 11) is -3.87. The number of carbonyl (C=O) groups excluding carboxylic acids is 1. The number of nitrogens with one attached hydrogen (secondary N) is 1. The fourth-order valence-corrected chi connectivity index (χ4v) is 3.95. The molecule has 7 nitrogen and oxygen atoms in total. The second kappa shape index (κ2) is 9.69. The van der Waals surface area contributed by atoms with Crippen LogP contribution < -0.4 is 19.9 Å². The number of aryl methyl sites for hydroxylation is 1. The van der Waals surface area contributed by atoms with Gasteiger partial charge in [-0.1, -0.05) is 12.1 Å². The van der Waals surface area contributed by atoms with Gasteiger partial charge in [0.25, 0.3) is 5.91 Å². The third kappa shape index (κ3) is 5.92. The van der Waals surface area contributed by atoms with Gasteiger partial charge in [-0.3, -0.25) is 4.79 Å². The highest BCUT2D eigenvalue weighted by Crippen LogP contribution is 2.34. The number of carbonyl (C=O) groups is 1. The van der Waals surface area contributed by atoms with Crippen LogP contribution in [0.5, 0.6) is 17.2 Å². The van der Waals surface area contributed by atoms with Gasteiger partial charge in [0.15, 0.2) is 18.1 Å². The molecule has 3 N–H and O–H groups in total. The lowest BCUT2D eigenvalue weighted by Crippen LogP contribution is -2.21. The van der Waals surface area contributed by atoms with Crippen LogP contribution in [0.2, 0.25) is 0 Å². The van der Waals surface area contributed by atoms with Crippen molar-refractivity contribution in [3.63, 3.8) is 0 Å². The van der Waals surface area contributed by atoms with Crippen LogP contribution in [0.1, 0.15) is 5.56 Å². The van der Waals surface area contributed by atoms with E-state index in [1.165, 1.54) is 36.4 Å². The monoisotopic (exact) mass is 498 g/mol. The van der Waals surface area contributed by atoms with E-state index in [1.54, 1.807) is 31.2 Å². The highest BCUT2D eigenvalue weighted by molar-refractivity contribution is 7.89. The standard InChI is InChI=1S/C25H20F2N2O5S/c1-15-10-21(35(28,31)32)7-8-22(15)29-25(30)14-33-23-9-5-19(27)13-24(23)34-20-6-3-16-2-4-18(26)11-17(16)12-20/h2-13H,14H2,1H3,(H,29,30)(H2,28,31,32). The SMILES string of the molecule is Cc1cc(S(N)(=O)=O)ccc1NC(=O)COc1ccc(F)cc1Oc1ccc2ccc(F)cc2c1. The van der Waals surface area contributed by atoms with E-state index in [2.05, 4.69) is 5.32 Å². The summed E-state index contributed by atoms with van der Waals surface area (Å²) < 4.78 is 61.7. The van der Waals surface area contributed by atoms with Gasteiger partial charge >= 0.3 is 0 Å². The predicted octanol–water partition coefficient (Wildman–Crippen LogP) is 4.88. The van der Waals surface area contributed by atoms with E-state index in [-0.39, 0.29) is 16.4 Å². The fraction of sp³-hybridized carbons (Fsp3) is 0.0800. The molecule has 4 aromatic rings. The number of primary sulfonamides is 1. The van der Waals surface area contributed by atoms with Gasteiger partial charge in [0.2, 0.25) is 10.0 Å². The summed E-state index contributed by atoms with van der Waals surface area (Å²) in [4.78, 5) is 12.3. The van der Waals surface area contributed by atoms with Crippen LogP contribution in [0, 0.1) is 18.6 Å². The van der Waals surface area contributed by atoms with Crippen LogP contribution in [0.3, 0.4) is 0 Å². The Balaban J connectivity index is 1.47. The van der Waals surface area contributed by atoms with Crippen molar-refractivity contribution in [1.29, 1.82) is 0 Å². The molecule has 10 heteroatoms. The average molecular weight is 499 g/mol. The summed E-state index contributed by atoms with van der Waals surface area (Å²) in [5, 5.41) is 9.13. The molecule has 0 aromatic heterocycles. The molecule has 0 atom stereocenters. The predicted molar refractivity (Wildman–Crippen MR) is 127 cm³/mol. The number of hydrogen-bond donors (Lipinski definition) is 2. The number of ether oxygens (including phenoxy) is 2. The second-order valence-electron chi connectivity index (χ2n) is 7.70. The van der Waals surface area contributed by atoms with Gasteiger partial charge in [0.1, 0.15) is 17.4 Å². The molecule has 0 saturated carbocycles. The molecule has 0 spiro atoms. The lowest BCUT2D eigenvalue weighted by atomic mass is 10.1. The van der Waals surface area contributed by atoms with Gasteiger partial charge in [-0.25, -0.2) is 22.3 Å². The van der Waals surface area contributed by atoms with E-state index in [9.17, 15) is 22.0 Å². The van der Waals surface area contributed by atoms with Gasteiger partial charge in [0, 0.05) is 11.8 Å². The molecule has 4 rings (SSSR count). The molecular weight excluding hydrogens is 478 g/mol. The third-order valence-corrected chi connectivity index (χ3v) is 5.98. The van der Waals surface area contributed by atoms with Crippen LogP contribution >= 0.6 is 0 Å². The molecule has 0 fully saturated rings. The van der Waals surface area contributed by atoms with E-state index >= 15 is 0 Å². The first kappa shape index (κ1) is 24.1. The smallest absolute Gasteiger partial charge is 0.262 e. The summed E-state index contributed by atoms with van der Waals surface area (Å²) in [5.74, 6) is -1.04. The number of amides is 1. The van der Waals surface area contributed by atoms with E-state index in [4.69, 9.17) is 14.6 Å². The lowest BCUT2D eigenvalue weighted by molar-refractivity contribution is -0.118. The minimum Gasteiger partial charge on any atom is -0.480 e. The molecule has 0 saturated heterocycles. The van der Waals surface area contributed by atoms with Crippen molar-refractivity contribution in [3.05, 3.63) is 90.0 Å². The lowest BCUT2D eigenvalue weighted by Gasteiger charge is -2.14. The molecule has 0 aliphatic carbocycles. The Morgan fingerprint density at radius 2 is 1.60 bits per heavy atom. The largest absolute Gasteiger partial charge is 0.480 e. The van der Waals surface area contributed by atoms with E-state index in [0.29, 0.717) is 22.4 Å². The van der Waals surface area contributed by atoms with Gasteiger partial charge < -0.3 is 14.8 Å². The van der Waals surface area contributed by atoms with Crippen molar-refractivity contribution in [2.24, 2.45) is 5.14 Å². The van der Waals surface area contributed by atoms with Crippen LogP contribution in [-0.4, -0.2) is 20.9 Å². The number of nitrogens with two attached hydrogens (primary N) is 1. The number of hydrogen-bond acceptors (Lipinski definition) is 5. The fourth-order valence-electron chi connectivity index (χ4n) is 3.35. The molecule has 0 radical (unpaired) electrons. The highest BCUT2D eigenvalue weighted by atomic mass is 32.2. The first-order valence-electron chi connectivity index (χ1n) is 10.3. The average Bonchev–Trinajstić information content (AvgIpc) is 2.79. The topological polar surface area (TPSA) is 108 Å². The van der Waals surface area contributed by atoms with Crippen LogP contribution in [0.4, 0.5) is 14.5 Å². The summed E-state index contributed by atoms with van der Waals surface area (Å²) in [6, 6.07) is 17.0. The first-order valence-corrected chi connectivity index (χ1v) is 11.9. The van der Waals surface area contributed by atoms with Crippen molar-refractivity contribution in [2.45, 2.75) is 11.8 Å². The minimum absolute atomic E-state index is 0.0299. The second-order valence-corrected chi connectivity index (χ2v) is 9.27. The Kier molecular flexibility index (Phi) is 6.68. The van der Waals surface area contributed by atoms with Crippen LogP contribution in [0.15, 0.2) is 77.7 Å². The molecule has 0 unspecified atom stereocenters. The van der Waals surface area contributed by atoms with Gasteiger partial charge in [-0.2, -0.15) is 0 Å². The van der Waals surface area contributed by atoms with Crippen molar-refractivity contribution < 1.29 is 31.5 Å². The van der Waals surface area contributed by atoms with E-state index < -0.39 is 34.2 Å². The minimum atomic E-state index is -3.87. The molecule has 0 aliphatic heterocycles. The maximum Gasteiger partial charge on any atom is 0.262 e. The molecule has 0 bridgehead atoms. The molecular formula is C25H20F2N2O5S. The normalized spacial score (nSPS) is 11.3. The highest BCUT2D eigenvalue weighted by Gasteiger charge is 2.14. The molecule has 35 heavy (non-hydrogen) atoms. The van der Waals surface area contributed by atoms with E-state index in [1.807, 2.05) is 0 Å². The Morgan fingerprint density at radius 1 is 0.886 bits per heavy atom. The van der Waals surface area contributed by atoms with Gasteiger partial charge in [-0.05, 0) is 77.9 Å². The molecule has 1 amide bonds. The number of rotatable bonds is 7. The maximum absolute atomic E-state index is 13.9. The quantitative estimate of drug-likeness (QED) is 0.378. The molecule has 0 heterocycles. The Bertz CT molecular complexity index is 1540. The summed E-state index contributed by atoms with van der Waals surface area (Å²) in [6.07, 6.45) is 0. The summed E-state index contributed by atoms with van der Waals surface area (Å²) in [6.45, 7) is 1.19. The number of sulfonamides is 1. The Hall–Kier alpha value is -4.02. The number of halogens is 2. The summed E-state index contributed by atoms with van der Waals surface area (Å²) in [5.41, 5.74) is 0.869. The van der Waals surface area contributed by atoms with Crippen molar-refractivity contribution in [2.75, 3.05) is 11.9 Å². The van der Waals surface area contributed by atoms with Gasteiger partial charge in [0.05, 0.1) is 4.90 Å². The van der Waals surface area contributed by atoms with Gasteiger partial charge in [-0.15, -0.1) is 0 Å². The zero-order chi connectivity index (χ0) is 25.2. The van der Waals surface area contributed by atoms with E-state index in [0.717, 1.165) is 17.5 Å². The number of anilines is 1. The zero-order valence-electron chi connectivity index (χ0n) is 18.4.